The van der Waals surface area contributed by atoms with Crippen LogP contribution in [0.4, 0.5) is 5.69 Å². The van der Waals surface area contributed by atoms with Crippen molar-refractivity contribution in [1.29, 1.82) is 0 Å². The van der Waals surface area contributed by atoms with Crippen LogP contribution in [0.5, 0.6) is 0 Å². The largest absolute Gasteiger partial charge is 0.339 e. The number of hydrogen-bond acceptors (Lipinski definition) is 5. The fraction of sp³-hybridized carbons (Fsp3) is 0.250. The lowest BCUT2D eigenvalue weighted by molar-refractivity contribution is -0.121. The molecule has 1 aliphatic rings. The van der Waals surface area contributed by atoms with E-state index in [0.717, 1.165) is 10.2 Å². The molecule has 0 unspecified atom stereocenters. The molecule has 0 bridgehead atoms. The van der Waals surface area contributed by atoms with Crippen LogP contribution in [0.1, 0.15) is 23.2 Å². The summed E-state index contributed by atoms with van der Waals surface area (Å²) in [7, 11) is 0. The highest BCUT2D eigenvalue weighted by Crippen LogP contribution is 2.22. The third kappa shape index (κ3) is 4.51. The van der Waals surface area contributed by atoms with Gasteiger partial charge >= 0.3 is 0 Å². The SMILES string of the molecule is O=C(Nc1cccc(-n2cnnn2)c1)C1CCN(C(=O)c2ccc(Br)cc2)CC1. The first kappa shape index (κ1) is 19.3. The molecule has 1 N–H and O–H groups in total. The molecule has 8 nitrogen and oxygen atoms in total. The fourth-order valence-corrected chi connectivity index (χ4v) is 3.63. The molecule has 1 fully saturated rings. The van der Waals surface area contributed by atoms with Crippen molar-refractivity contribution < 1.29 is 9.59 Å². The van der Waals surface area contributed by atoms with Crippen molar-refractivity contribution >= 4 is 33.4 Å². The number of likely N-dealkylation sites (tertiary alicyclic amines) is 1. The van der Waals surface area contributed by atoms with Crippen LogP contribution in [0, 0.1) is 5.92 Å². The molecule has 1 aliphatic heterocycles. The van der Waals surface area contributed by atoms with Gasteiger partial charge in [0.05, 0.1) is 5.69 Å². The molecule has 9 heteroatoms. The Bertz CT molecular complexity index is 998. The molecule has 0 atom stereocenters. The predicted octanol–water partition coefficient (Wildman–Crippen LogP) is 2.92. The zero-order valence-corrected chi connectivity index (χ0v) is 17.1. The summed E-state index contributed by atoms with van der Waals surface area (Å²) >= 11 is 3.38. The maximum atomic E-state index is 12.7. The Labute approximate surface area is 176 Å². The van der Waals surface area contributed by atoms with Crippen LogP contribution < -0.4 is 5.32 Å². The number of amides is 2. The van der Waals surface area contributed by atoms with Crippen molar-refractivity contribution in [1.82, 2.24) is 25.1 Å². The summed E-state index contributed by atoms with van der Waals surface area (Å²) in [6.07, 6.45) is 2.78. The Morgan fingerprint density at radius 1 is 1.07 bits per heavy atom. The van der Waals surface area contributed by atoms with Crippen molar-refractivity contribution in [3.05, 3.63) is 64.9 Å². The molecular formula is C20H19BrN6O2. The minimum atomic E-state index is -0.124. The van der Waals surface area contributed by atoms with Gasteiger partial charge in [-0.25, -0.2) is 4.68 Å². The Balaban J connectivity index is 1.34. The molecule has 29 heavy (non-hydrogen) atoms. The molecule has 1 aromatic heterocycles. The molecule has 0 radical (unpaired) electrons. The average molecular weight is 455 g/mol. The number of benzene rings is 2. The minimum absolute atomic E-state index is 0.00509. The van der Waals surface area contributed by atoms with E-state index in [1.807, 2.05) is 53.4 Å². The van der Waals surface area contributed by atoms with Crippen molar-refractivity contribution in [2.45, 2.75) is 12.8 Å². The number of hydrogen-bond donors (Lipinski definition) is 1. The Hall–Kier alpha value is -3.07. The predicted molar refractivity (Wildman–Crippen MR) is 111 cm³/mol. The molecule has 2 heterocycles. The lowest BCUT2D eigenvalue weighted by Gasteiger charge is -2.31. The first-order valence-electron chi connectivity index (χ1n) is 9.29. The Morgan fingerprint density at radius 3 is 2.52 bits per heavy atom. The van der Waals surface area contributed by atoms with Crippen molar-refractivity contribution in [3.8, 4) is 5.69 Å². The molecule has 0 aliphatic carbocycles. The van der Waals surface area contributed by atoms with Crippen LogP contribution in [0.25, 0.3) is 5.69 Å². The molecule has 3 aromatic rings. The fourth-order valence-electron chi connectivity index (χ4n) is 3.37. The van der Waals surface area contributed by atoms with E-state index in [2.05, 4.69) is 36.8 Å². The minimum Gasteiger partial charge on any atom is -0.339 e. The van der Waals surface area contributed by atoms with Crippen LogP contribution in [-0.4, -0.2) is 50.0 Å². The molecular weight excluding hydrogens is 436 g/mol. The molecule has 0 spiro atoms. The van der Waals surface area contributed by atoms with E-state index < -0.39 is 0 Å². The number of rotatable bonds is 4. The summed E-state index contributed by atoms with van der Waals surface area (Å²) in [4.78, 5) is 27.1. The number of halogens is 1. The van der Waals surface area contributed by atoms with Crippen molar-refractivity contribution in [3.63, 3.8) is 0 Å². The first-order valence-corrected chi connectivity index (χ1v) is 10.1. The van der Waals surface area contributed by atoms with E-state index in [0.29, 0.717) is 37.2 Å². The summed E-state index contributed by atoms with van der Waals surface area (Å²) in [5.41, 5.74) is 2.12. The van der Waals surface area contributed by atoms with Crippen LogP contribution in [-0.2, 0) is 4.79 Å². The molecule has 1 saturated heterocycles. The zero-order chi connectivity index (χ0) is 20.2. The standard InChI is InChI=1S/C20H19BrN6O2/c21-16-6-4-15(5-7-16)20(29)26-10-8-14(9-11-26)19(28)23-17-2-1-3-18(12-17)27-13-22-24-25-27/h1-7,12-14H,8-11H2,(H,23,28). The van der Waals surface area contributed by atoms with Crippen LogP contribution in [0.3, 0.4) is 0 Å². The third-order valence-corrected chi connectivity index (χ3v) is 5.50. The highest BCUT2D eigenvalue weighted by Gasteiger charge is 2.28. The summed E-state index contributed by atoms with van der Waals surface area (Å²) in [5.74, 6) is -0.152. The van der Waals surface area contributed by atoms with E-state index >= 15 is 0 Å². The molecule has 148 valence electrons. The second kappa shape index (κ2) is 8.52. The van der Waals surface area contributed by atoms with Gasteiger partial charge < -0.3 is 10.2 Å². The Kier molecular flexibility index (Phi) is 5.66. The summed E-state index contributed by atoms with van der Waals surface area (Å²) in [6, 6.07) is 14.7. The molecule has 4 rings (SSSR count). The van der Waals surface area contributed by atoms with E-state index in [1.54, 1.807) is 0 Å². The van der Waals surface area contributed by atoms with Gasteiger partial charge in [0.2, 0.25) is 5.91 Å². The topological polar surface area (TPSA) is 93.0 Å². The highest BCUT2D eigenvalue weighted by molar-refractivity contribution is 9.10. The van der Waals surface area contributed by atoms with Gasteiger partial charge in [0, 0.05) is 34.7 Å². The van der Waals surface area contributed by atoms with Gasteiger partial charge in [0.25, 0.3) is 5.91 Å². The molecule has 2 aromatic carbocycles. The number of nitrogens with one attached hydrogen (secondary N) is 1. The molecule has 0 saturated carbocycles. The van der Waals surface area contributed by atoms with Gasteiger partial charge in [-0.15, -0.1) is 5.10 Å². The van der Waals surface area contributed by atoms with Gasteiger partial charge in [-0.05, 0) is 65.7 Å². The van der Waals surface area contributed by atoms with Crippen molar-refractivity contribution in [2.24, 2.45) is 5.92 Å². The maximum absolute atomic E-state index is 12.7. The number of nitrogens with zero attached hydrogens (tertiary/aromatic N) is 5. The highest BCUT2D eigenvalue weighted by atomic mass is 79.9. The van der Waals surface area contributed by atoms with Crippen LogP contribution in [0.15, 0.2) is 59.3 Å². The smallest absolute Gasteiger partial charge is 0.253 e. The van der Waals surface area contributed by atoms with Crippen molar-refractivity contribution in [2.75, 3.05) is 18.4 Å². The number of aromatic nitrogens is 4. The lowest BCUT2D eigenvalue weighted by atomic mass is 9.95. The summed E-state index contributed by atoms with van der Waals surface area (Å²) in [5, 5.41) is 14.1. The van der Waals surface area contributed by atoms with Gasteiger partial charge in [-0.2, -0.15) is 0 Å². The van der Waals surface area contributed by atoms with Gasteiger partial charge in [-0.1, -0.05) is 22.0 Å². The van der Waals surface area contributed by atoms with E-state index in [-0.39, 0.29) is 17.7 Å². The third-order valence-electron chi connectivity index (χ3n) is 4.97. The lowest BCUT2D eigenvalue weighted by Crippen LogP contribution is -2.41. The first-order chi connectivity index (χ1) is 14.1. The van der Waals surface area contributed by atoms with Crippen LogP contribution in [0.2, 0.25) is 0 Å². The summed E-state index contributed by atoms with van der Waals surface area (Å²) < 4.78 is 2.47. The zero-order valence-electron chi connectivity index (χ0n) is 15.5. The van der Waals surface area contributed by atoms with Gasteiger partial charge in [-0.3, -0.25) is 9.59 Å². The maximum Gasteiger partial charge on any atom is 0.253 e. The number of anilines is 1. The van der Waals surface area contributed by atoms with E-state index in [9.17, 15) is 9.59 Å². The second-order valence-corrected chi connectivity index (χ2v) is 7.78. The van der Waals surface area contributed by atoms with E-state index in [1.165, 1.54) is 11.0 Å². The average Bonchev–Trinajstić information content (AvgIpc) is 3.29. The number of carbonyl (C=O) groups is 2. The quantitative estimate of drug-likeness (QED) is 0.653. The van der Waals surface area contributed by atoms with Gasteiger partial charge in [0.15, 0.2) is 0 Å². The second-order valence-electron chi connectivity index (χ2n) is 6.87. The van der Waals surface area contributed by atoms with E-state index in [4.69, 9.17) is 0 Å². The number of carbonyl (C=O) groups excluding carboxylic acids is 2. The molecule has 2 amide bonds. The normalized spacial score (nSPS) is 14.6. The monoisotopic (exact) mass is 454 g/mol. The Morgan fingerprint density at radius 2 is 1.83 bits per heavy atom. The van der Waals surface area contributed by atoms with Crippen LogP contribution >= 0.6 is 15.9 Å². The van der Waals surface area contributed by atoms with Gasteiger partial charge in [0.1, 0.15) is 6.33 Å². The summed E-state index contributed by atoms with van der Waals surface area (Å²) in [6.45, 7) is 1.13. The number of tetrazole rings is 1. The number of piperidine rings is 1.